The molecule has 9 nitrogen and oxygen atoms in total. The number of amides is 1. The lowest BCUT2D eigenvalue weighted by Crippen LogP contribution is -2.35. The van der Waals surface area contributed by atoms with Crippen LogP contribution in [0.1, 0.15) is 35.2 Å². The van der Waals surface area contributed by atoms with Gasteiger partial charge in [-0.05, 0) is 55.7 Å². The van der Waals surface area contributed by atoms with E-state index in [0.717, 1.165) is 24.8 Å². The van der Waals surface area contributed by atoms with Crippen molar-refractivity contribution in [2.24, 2.45) is 0 Å². The van der Waals surface area contributed by atoms with E-state index >= 15 is 0 Å². The number of benzene rings is 3. The van der Waals surface area contributed by atoms with Crippen LogP contribution < -0.4 is 24.3 Å². The predicted molar refractivity (Wildman–Crippen MR) is 131 cm³/mol. The Kier molecular flexibility index (Phi) is 5.50. The first-order chi connectivity index (χ1) is 17.4. The van der Waals surface area contributed by atoms with Gasteiger partial charge < -0.3 is 24.3 Å². The summed E-state index contributed by atoms with van der Waals surface area (Å²) < 4.78 is 51.9. The third kappa shape index (κ3) is 4.02. The van der Waals surface area contributed by atoms with Crippen molar-refractivity contribution in [3.8, 4) is 34.5 Å². The van der Waals surface area contributed by atoms with Gasteiger partial charge in [-0.2, -0.15) is 4.31 Å². The molecule has 3 aromatic rings. The quantitative estimate of drug-likeness (QED) is 0.526. The maximum Gasteiger partial charge on any atom is 0.259 e. The number of fused-ring (bicyclic) bond motifs is 3. The summed E-state index contributed by atoms with van der Waals surface area (Å²) in [5.74, 6) is 1.70. The van der Waals surface area contributed by atoms with Gasteiger partial charge in [0.05, 0.1) is 11.3 Å². The Morgan fingerprint density at radius 2 is 1.67 bits per heavy atom. The SMILES string of the molecule is Cc1ccc2c(c1)NC(=O)c1cc(S(=O)(=O)N3CCCCC3)c(Oc3ccc4c(c3)OCO4)cc1O2. The molecule has 0 bridgehead atoms. The Morgan fingerprint density at radius 1 is 0.889 bits per heavy atom. The largest absolute Gasteiger partial charge is 0.456 e. The first-order valence-corrected chi connectivity index (χ1v) is 13.2. The number of hydrogen-bond donors (Lipinski definition) is 1. The van der Waals surface area contributed by atoms with Gasteiger partial charge in [-0.1, -0.05) is 12.5 Å². The number of sulfonamides is 1. The third-order valence-corrected chi connectivity index (χ3v) is 8.32. The number of piperidine rings is 1. The van der Waals surface area contributed by atoms with Crippen LogP contribution in [0.3, 0.4) is 0 Å². The summed E-state index contributed by atoms with van der Waals surface area (Å²) in [6, 6.07) is 13.2. The van der Waals surface area contributed by atoms with Gasteiger partial charge in [-0.3, -0.25) is 4.79 Å². The molecule has 3 heterocycles. The molecule has 0 saturated carbocycles. The number of carbonyl (C=O) groups excluding carboxylic acids is 1. The third-order valence-electron chi connectivity index (χ3n) is 6.40. The molecule has 186 valence electrons. The van der Waals surface area contributed by atoms with Gasteiger partial charge in [0.15, 0.2) is 23.0 Å². The predicted octanol–water partition coefficient (Wildman–Crippen LogP) is 5.05. The minimum Gasteiger partial charge on any atom is -0.456 e. The Hall–Kier alpha value is -3.76. The van der Waals surface area contributed by atoms with Crippen LogP contribution in [-0.2, 0) is 10.0 Å². The number of anilines is 1. The lowest BCUT2D eigenvalue weighted by Gasteiger charge is -2.27. The molecule has 36 heavy (non-hydrogen) atoms. The average Bonchev–Trinajstić information content (AvgIpc) is 3.29. The molecule has 0 spiro atoms. The fraction of sp³-hybridized carbons (Fsp3) is 0.269. The van der Waals surface area contributed by atoms with Crippen LogP contribution in [0.25, 0.3) is 0 Å². The highest BCUT2D eigenvalue weighted by molar-refractivity contribution is 7.89. The van der Waals surface area contributed by atoms with Gasteiger partial charge in [0, 0.05) is 25.2 Å². The summed E-state index contributed by atoms with van der Waals surface area (Å²) in [6.07, 6.45) is 2.53. The second kappa shape index (κ2) is 8.72. The second-order valence-corrected chi connectivity index (χ2v) is 10.8. The maximum absolute atomic E-state index is 13.8. The minimum atomic E-state index is -3.95. The normalized spacial score (nSPS) is 16.9. The lowest BCUT2D eigenvalue weighted by molar-refractivity contribution is 0.102. The summed E-state index contributed by atoms with van der Waals surface area (Å²) in [6.45, 7) is 2.84. The van der Waals surface area contributed by atoms with Gasteiger partial charge in [-0.25, -0.2) is 8.42 Å². The lowest BCUT2D eigenvalue weighted by atomic mass is 10.1. The van der Waals surface area contributed by atoms with Gasteiger partial charge in [0.2, 0.25) is 16.8 Å². The number of ether oxygens (including phenoxy) is 4. The number of aryl methyl sites for hydroxylation is 1. The number of nitrogens with zero attached hydrogens (tertiary/aromatic N) is 1. The molecule has 1 saturated heterocycles. The summed E-state index contributed by atoms with van der Waals surface area (Å²) in [5, 5.41) is 2.83. The molecule has 6 rings (SSSR count). The van der Waals surface area contributed by atoms with E-state index in [-0.39, 0.29) is 28.8 Å². The van der Waals surface area contributed by atoms with Crippen molar-refractivity contribution in [3.63, 3.8) is 0 Å². The smallest absolute Gasteiger partial charge is 0.259 e. The number of nitrogens with one attached hydrogen (secondary N) is 1. The zero-order valence-corrected chi connectivity index (χ0v) is 20.4. The van der Waals surface area contributed by atoms with Crippen molar-refractivity contribution in [2.45, 2.75) is 31.1 Å². The van der Waals surface area contributed by atoms with E-state index in [1.807, 2.05) is 13.0 Å². The highest BCUT2D eigenvalue weighted by Gasteiger charge is 2.33. The molecular weight excluding hydrogens is 484 g/mol. The highest BCUT2D eigenvalue weighted by Crippen LogP contribution is 2.44. The molecule has 3 aliphatic rings. The minimum absolute atomic E-state index is 0.0570. The summed E-state index contributed by atoms with van der Waals surface area (Å²) in [7, 11) is -3.95. The monoisotopic (exact) mass is 508 g/mol. The molecule has 0 atom stereocenters. The van der Waals surface area contributed by atoms with Crippen LogP contribution in [0, 0.1) is 6.92 Å². The van der Waals surface area contributed by atoms with Crippen molar-refractivity contribution >= 4 is 21.6 Å². The van der Waals surface area contributed by atoms with Crippen LogP contribution in [0.2, 0.25) is 0 Å². The van der Waals surface area contributed by atoms with E-state index < -0.39 is 15.9 Å². The number of carbonyl (C=O) groups is 1. The molecule has 3 aromatic carbocycles. The van der Waals surface area contributed by atoms with Gasteiger partial charge in [0.1, 0.15) is 16.4 Å². The topological polar surface area (TPSA) is 103 Å². The van der Waals surface area contributed by atoms with Gasteiger partial charge in [0.25, 0.3) is 5.91 Å². The zero-order valence-electron chi connectivity index (χ0n) is 19.6. The molecule has 1 N–H and O–H groups in total. The number of hydrogen-bond acceptors (Lipinski definition) is 7. The highest BCUT2D eigenvalue weighted by atomic mass is 32.2. The van der Waals surface area contributed by atoms with Crippen molar-refractivity contribution < 1.29 is 32.2 Å². The Labute approximate surface area is 208 Å². The van der Waals surface area contributed by atoms with E-state index in [2.05, 4.69) is 5.32 Å². The van der Waals surface area contributed by atoms with Crippen LogP contribution in [0.4, 0.5) is 5.69 Å². The van der Waals surface area contributed by atoms with E-state index in [1.54, 1.807) is 30.3 Å². The molecule has 0 unspecified atom stereocenters. The van der Waals surface area contributed by atoms with Crippen molar-refractivity contribution in [1.82, 2.24) is 4.31 Å². The fourth-order valence-electron chi connectivity index (χ4n) is 4.53. The van der Waals surface area contributed by atoms with Crippen molar-refractivity contribution in [1.29, 1.82) is 0 Å². The fourth-order valence-corrected chi connectivity index (χ4v) is 6.17. The molecule has 1 amide bonds. The first kappa shape index (κ1) is 22.7. The number of rotatable bonds is 4. The maximum atomic E-state index is 13.8. The molecular formula is C26H24N2O7S. The van der Waals surface area contributed by atoms with Crippen LogP contribution >= 0.6 is 0 Å². The van der Waals surface area contributed by atoms with Crippen molar-refractivity contribution in [2.75, 3.05) is 25.2 Å². The van der Waals surface area contributed by atoms with Crippen LogP contribution in [0.5, 0.6) is 34.5 Å². The molecule has 10 heteroatoms. The summed E-state index contributed by atoms with van der Waals surface area (Å²) in [5.41, 5.74) is 1.57. The first-order valence-electron chi connectivity index (χ1n) is 11.7. The molecule has 0 aliphatic carbocycles. The molecule has 0 radical (unpaired) electrons. The zero-order chi connectivity index (χ0) is 24.9. The molecule has 1 fully saturated rings. The van der Waals surface area contributed by atoms with Crippen molar-refractivity contribution in [3.05, 3.63) is 59.7 Å². The van der Waals surface area contributed by atoms with E-state index in [0.29, 0.717) is 41.8 Å². The summed E-state index contributed by atoms with van der Waals surface area (Å²) in [4.78, 5) is 13.1. The van der Waals surface area contributed by atoms with Gasteiger partial charge in [-0.15, -0.1) is 0 Å². The average molecular weight is 509 g/mol. The second-order valence-electron chi connectivity index (χ2n) is 8.93. The Morgan fingerprint density at radius 3 is 2.50 bits per heavy atom. The van der Waals surface area contributed by atoms with E-state index in [4.69, 9.17) is 18.9 Å². The van der Waals surface area contributed by atoms with Gasteiger partial charge >= 0.3 is 0 Å². The Balaban J connectivity index is 1.47. The Bertz CT molecular complexity index is 1480. The summed E-state index contributed by atoms with van der Waals surface area (Å²) >= 11 is 0. The molecule has 0 aromatic heterocycles. The van der Waals surface area contributed by atoms with Crippen LogP contribution in [-0.4, -0.2) is 38.5 Å². The molecule has 3 aliphatic heterocycles. The van der Waals surface area contributed by atoms with E-state index in [9.17, 15) is 13.2 Å². The van der Waals surface area contributed by atoms with E-state index in [1.165, 1.54) is 16.4 Å². The van der Waals surface area contributed by atoms with Crippen LogP contribution in [0.15, 0.2) is 53.4 Å². The standard InChI is InChI=1S/C26H24N2O7S/c1-16-5-7-20-19(11-16)27-26(29)18-13-25(36(30,31)28-9-3-2-4-10-28)24(14-22(18)35-20)34-17-6-8-21-23(12-17)33-15-32-21/h5-8,11-14H,2-4,9-10,15H2,1H3,(H,27,29).